The SMILES string of the molecule is CC.CC.COc1ccccc1.N[C@H]1CCN(C(=O)CN(C(=O)/C=C/c2ccccc2)c2ccccc2)C1. The first-order chi connectivity index (χ1) is 18.6. The van der Waals surface area contributed by atoms with Gasteiger partial charge in [0.2, 0.25) is 5.91 Å². The van der Waals surface area contributed by atoms with Crippen LogP contribution in [-0.4, -0.2) is 49.5 Å². The van der Waals surface area contributed by atoms with Crippen LogP contribution in [0.3, 0.4) is 0 Å². The van der Waals surface area contributed by atoms with Crippen LogP contribution in [0.15, 0.2) is 97.1 Å². The number of nitrogens with zero attached hydrogens (tertiary/aromatic N) is 2. The summed E-state index contributed by atoms with van der Waals surface area (Å²) in [4.78, 5) is 28.6. The van der Waals surface area contributed by atoms with Crippen LogP contribution in [0.4, 0.5) is 5.69 Å². The molecule has 0 spiro atoms. The molecule has 0 aromatic heterocycles. The summed E-state index contributed by atoms with van der Waals surface area (Å²) >= 11 is 0. The molecule has 1 aliphatic heterocycles. The number of carbonyl (C=O) groups is 2. The first-order valence-corrected chi connectivity index (χ1v) is 13.3. The fraction of sp³-hybridized carbons (Fsp3) is 0.312. The topological polar surface area (TPSA) is 75.9 Å². The minimum atomic E-state index is -0.225. The largest absolute Gasteiger partial charge is 0.497 e. The van der Waals surface area contributed by atoms with E-state index in [2.05, 4.69) is 0 Å². The van der Waals surface area contributed by atoms with E-state index in [1.807, 2.05) is 119 Å². The molecule has 1 heterocycles. The minimum absolute atomic E-state index is 0.00863. The van der Waals surface area contributed by atoms with Gasteiger partial charge in [-0.15, -0.1) is 0 Å². The Morgan fingerprint density at radius 1 is 0.895 bits per heavy atom. The number of amides is 2. The molecule has 0 bridgehead atoms. The number of benzene rings is 3. The zero-order chi connectivity index (χ0) is 28.2. The lowest BCUT2D eigenvalue weighted by molar-refractivity contribution is -0.130. The number of hydrogen-bond acceptors (Lipinski definition) is 4. The Hall–Kier alpha value is -3.90. The van der Waals surface area contributed by atoms with E-state index < -0.39 is 0 Å². The molecule has 1 atom stereocenters. The molecule has 2 amide bonds. The molecule has 1 fully saturated rings. The zero-order valence-electron chi connectivity index (χ0n) is 23.4. The number of nitrogens with two attached hydrogens (primary N) is 1. The number of ether oxygens (including phenoxy) is 1. The third kappa shape index (κ3) is 11.4. The summed E-state index contributed by atoms with van der Waals surface area (Å²) in [7, 11) is 1.66. The predicted molar refractivity (Wildman–Crippen MR) is 159 cm³/mol. The number of likely N-dealkylation sites (tertiary alicyclic amines) is 1. The van der Waals surface area contributed by atoms with E-state index >= 15 is 0 Å². The molecule has 4 rings (SSSR count). The minimum Gasteiger partial charge on any atom is -0.497 e. The maximum atomic E-state index is 12.8. The van der Waals surface area contributed by atoms with Gasteiger partial charge in [-0.3, -0.25) is 14.5 Å². The third-order valence-electron chi connectivity index (χ3n) is 5.40. The molecule has 204 valence electrons. The number of para-hydroxylation sites is 2. The lowest BCUT2D eigenvalue weighted by Gasteiger charge is -2.24. The van der Waals surface area contributed by atoms with Gasteiger partial charge in [-0.1, -0.05) is 94.4 Å². The number of methoxy groups -OCH3 is 1. The monoisotopic (exact) mass is 517 g/mol. The summed E-state index contributed by atoms with van der Waals surface area (Å²) in [6.07, 6.45) is 4.07. The number of anilines is 1. The van der Waals surface area contributed by atoms with E-state index in [4.69, 9.17) is 10.5 Å². The van der Waals surface area contributed by atoms with Crippen molar-refractivity contribution in [2.75, 3.05) is 31.6 Å². The van der Waals surface area contributed by atoms with Crippen molar-refractivity contribution in [2.45, 2.75) is 40.2 Å². The summed E-state index contributed by atoms with van der Waals surface area (Å²) in [6, 6.07) is 28.6. The van der Waals surface area contributed by atoms with Gasteiger partial charge in [-0.05, 0) is 42.3 Å². The Bertz CT molecular complexity index is 1060. The smallest absolute Gasteiger partial charge is 0.251 e. The summed E-state index contributed by atoms with van der Waals surface area (Å²) in [5.74, 6) is 0.604. The highest BCUT2D eigenvalue weighted by atomic mass is 16.5. The molecule has 2 N–H and O–H groups in total. The second-order valence-electron chi connectivity index (χ2n) is 7.91. The molecule has 1 saturated heterocycles. The number of rotatable bonds is 6. The molecular weight excluding hydrogens is 474 g/mol. The standard InChI is InChI=1S/C21H23N3O2.C7H8O.2C2H6/c22-18-13-14-23(15-18)21(26)16-24(19-9-5-2-6-10-19)20(25)12-11-17-7-3-1-4-8-17;1-8-7-5-3-2-4-6-7;2*1-2/h1-12,18H,13-16,22H2;2-6H,1H3;2*1-2H3/b12-11+;;;/t18-;;;/m0.../s1. The molecule has 6 nitrogen and oxygen atoms in total. The highest BCUT2D eigenvalue weighted by molar-refractivity contribution is 6.06. The van der Waals surface area contributed by atoms with Crippen LogP contribution in [-0.2, 0) is 9.59 Å². The molecule has 1 aliphatic rings. The lowest BCUT2D eigenvalue weighted by atomic mass is 10.2. The van der Waals surface area contributed by atoms with Gasteiger partial charge < -0.3 is 15.4 Å². The second-order valence-corrected chi connectivity index (χ2v) is 7.91. The molecule has 0 radical (unpaired) electrons. The van der Waals surface area contributed by atoms with Crippen LogP contribution in [0.2, 0.25) is 0 Å². The summed E-state index contributed by atoms with van der Waals surface area (Å²) in [5.41, 5.74) is 7.53. The van der Waals surface area contributed by atoms with Crippen LogP contribution in [0.5, 0.6) is 5.75 Å². The van der Waals surface area contributed by atoms with E-state index in [1.165, 1.54) is 11.0 Å². The van der Waals surface area contributed by atoms with Crippen molar-refractivity contribution in [3.05, 3.63) is 103 Å². The quantitative estimate of drug-likeness (QED) is 0.405. The van der Waals surface area contributed by atoms with Gasteiger partial charge in [0.25, 0.3) is 5.91 Å². The first kappa shape index (κ1) is 32.1. The lowest BCUT2D eigenvalue weighted by Crippen LogP contribution is -2.42. The Morgan fingerprint density at radius 3 is 1.89 bits per heavy atom. The van der Waals surface area contributed by atoms with Crippen molar-refractivity contribution < 1.29 is 14.3 Å². The van der Waals surface area contributed by atoms with Crippen molar-refractivity contribution in [1.29, 1.82) is 0 Å². The Morgan fingerprint density at radius 2 is 1.42 bits per heavy atom. The Labute approximate surface area is 228 Å². The predicted octanol–water partition coefficient (Wildman–Crippen LogP) is 6.04. The average Bonchev–Trinajstić information content (AvgIpc) is 3.44. The summed E-state index contributed by atoms with van der Waals surface area (Å²) in [6.45, 7) is 9.21. The van der Waals surface area contributed by atoms with Crippen LogP contribution in [0.1, 0.15) is 39.7 Å². The van der Waals surface area contributed by atoms with Crippen molar-refractivity contribution in [2.24, 2.45) is 5.73 Å². The third-order valence-corrected chi connectivity index (χ3v) is 5.40. The average molecular weight is 518 g/mol. The van der Waals surface area contributed by atoms with E-state index in [0.717, 1.165) is 17.7 Å². The number of hydrogen-bond donors (Lipinski definition) is 1. The van der Waals surface area contributed by atoms with Crippen LogP contribution >= 0.6 is 0 Å². The summed E-state index contributed by atoms with van der Waals surface area (Å²) < 4.78 is 4.91. The molecule has 3 aromatic carbocycles. The highest BCUT2D eigenvalue weighted by Gasteiger charge is 2.26. The summed E-state index contributed by atoms with van der Waals surface area (Å²) in [5, 5.41) is 0. The molecule has 6 heteroatoms. The van der Waals surface area contributed by atoms with Crippen molar-refractivity contribution in [3.8, 4) is 5.75 Å². The van der Waals surface area contributed by atoms with Gasteiger partial charge in [0, 0.05) is 30.9 Å². The zero-order valence-corrected chi connectivity index (χ0v) is 23.4. The van der Waals surface area contributed by atoms with Crippen molar-refractivity contribution in [1.82, 2.24) is 4.90 Å². The van der Waals surface area contributed by atoms with E-state index in [-0.39, 0.29) is 24.4 Å². The highest BCUT2D eigenvalue weighted by Crippen LogP contribution is 2.16. The van der Waals surface area contributed by atoms with E-state index in [9.17, 15) is 9.59 Å². The Balaban J connectivity index is 0.000000505. The van der Waals surface area contributed by atoms with Gasteiger partial charge in [-0.2, -0.15) is 0 Å². The van der Waals surface area contributed by atoms with E-state index in [0.29, 0.717) is 18.8 Å². The van der Waals surface area contributed by atoms with Crippen molar-refractivity contribution >= 4 is 23.6 Å². The number of carbonyl (C=O) groups excluding carboxylic acids is 2. The fourth-order valence-corrected chi connectivity index (χ4v) is 3.53. The molecule has 0 aliphatic carbocycles. The fourth-order valence-electron chi connectivity index (χ4n) is 3.53. The Kier molecular flexibility index (Phi) is 16.3. The molecule has 38 heavy (non-hydrogen) atoms. The maximum absolute atomic E-state index is 12.8. The van der Waals surface area contributed by atoms with Gasteiger partial charge in [0.15, 0.2) is 0 Å². The first-order valence-electron chi connectivity index (χ1n) is 13.3. The van der Waals surface area contributed by atoms with Crippen LogP contribution < -0.4 is 15.4 Å². The molecule has 3 aromatic rings. The molecule has 0 saturated carbocycles. The normalized spacial score (nSPS) is 13.6. The van der Waals surface area contributed by atoms with Gasteiger partial charge >= 0.3 is 0 Å². The van der Waals surface area contributed by atoms with E-state index in [1.54, 1.807) is 18.1 Å². The van der Waals surface area contributed by atoms with Crippen molar-refractivity contribution in [3.63, 3.8) is 0 Å². The van der Waals surface area contributed by atoms with Gasteiger partial charge in [0.05, 0.1) is 7.11 Å². The van der Waals surface area contributed by atoms with Gasteiger partial charge in [0.1, 0.15) is 12.3 Å². The van der Waals surface area contributed by atoms with Gasteiger partial charge in [-0.25, -0.2) is 0 Å². The molecular formula is C32H43N3O3. The van der Waals surface area contributed by atoms with Crippen LogP contribution in [0.25, 0.3) is 6.08 Å². The molecule has 0 unspecified atom stereocenters. The van der Waals surface area contributed by atoms with Crippen LogP contribution in [0, 0.1) is 0 Å². The second kappa shape index (κ2) is 19.2. The maximum Gasteiger partial charge on any atom is 0.251 e.